The first-order chi connectivity index (χ1) is 18.9. The molecule has 1 saturated heterocycles. The molecule has 1 saturated carbocycles. The molecule has 4 N–H and O–H groups in total. The zero-order chi connectivity index (χ0) is 29.9. The van der Waals surface area contributed by atoms with Gasteiger partial charge in [0, 0.05) is 11.3 Å². The summed E-state index contributed by atoms with van der Waals surface area (Å²) in [5.74, 6) is -1.19. The summed E-state index contributed by atoms with van der Waals surface area (Å²) in [6.07, 6.45) is 6.46. The number of hydrogen-bond acceptors (Lipinski definition) is 7. The summed E-state index contributed by atoms with van der Waals surface area (Å²) in [6.45, 7) is 8.92. The van der Waals surface area contributed by atoms with Crippen molar-refractivity contribution in [1.82, 2.24) is 16.0 Å². The maximum atomic E-state index is 13.5. The fourth-order valence-electron chi connectivity index (χ4n) is 4.79. The van der Waals surface area contributed by atoms with Gasteiger partial charge < -0.3 is 25.8 Å². The third-order valence-electron chi connectivity index (χ3n) is 6.95. The Kier molecular flexibility index (Phi) is 13.6. The lowest BCUT2D eigenvalue weighted by Gasteiger charge is -2.26. The van der Waals surface area contributed by atoms with Gasteiger partial charge in [-0.05, 0) is 57.1 Å². The molecule has 0 spiro atoms. The van der Waals surface area contributed by atoms with E-state index in [4.69, 9.17) is 4.74 Å². The predicted molar refractivity (Wildman–Crippen MR) is 157 cm³/mol. The van der Waals surface area contributed by atoms with Crippen molar-refractivity contribution in [3.05, 3.63) is 29.8 Å². The van der Waals surface area contributed by atoms with Crippen molar-refractivity contribution in [2.75, 3.05) is 12.9 Å². The van der Waals surface area contributed by atoms with Crippen LogP contribution in [0, 0.1) is 5.92 Å². The van der Waals surface area contributed by atoms with Crippen LogP contribution in [-0.2, 0) is 30.3 Å². The third-order valence-corrected chi connectivity index (χ3v) is 7.69. The molecule has 0 aromatic heterocycles. The molecule has 0 radical (unpaired) electrons. The highest BCUT2D eigenvalue weighted by Crippen LogP contribution is 2.30. The molecule has 1 heterocycles. The number of carbonyl (C=O) groups is 4. The molecule has 1 aliphatic carbocycles. The molecule has 0 bridgehead atoms. The maximum Gasteiger partial charge on any atom is 0.243 e. The van der Waals surface area contributed by atoms with Crippen LogP contribution >= 0.6 is 11.8 Å². The third kappa shape index (κ3) is 11.6. The van der Waals surface area contributed by atoms with Crippen molar-refractivity contribution in [1.29, 1.82) is 0 Å². The van der Waals surface area contributed by atoms with E-state index in [1.54, 1.807) is 11.8 Å². The summed E-state index contributed by atoms with van der Waals surface area (Å²) in [5, 5.41) is 18.1. The highest BCUT2D eigenvalue weighted by molar-refractivity contribution is 7.98. The number of carbonyl (C=O) groups excluding carboxylic acids is 4. The van der Waals surface area contributed by atoms with Crippen LogP contribution in [0.1, 0.15) is 78.7 Å². The number of hydrogen-bond donors (Lipinski definition) is 4. The van der Waals surface area contributed by atoms with Crippen LogP contribution in [0.4, 0.5) is 0 Å². The smallest absolute Gasteiger partial charge is 0.243 e. The maximum absolute atomic E-state index is 13.5. The van der Waals surface area contributed by atoms with Gasteiger partial charge in [-0.25, -0.2) is 0 Å². The second-order valence-corrected chi connectivity index (χ2v) is 11.9. The number of ketones is 1. The van der Waals surface area contributed by atoms with Gasteiger partial charge in [0.1, 0.15) is 18.2 Å². The van der Waals surface area contributed by atoms with Gasteiger partial charge in [0.05, 0.1) is 24.7 Å². The fraction of sp³-hybridized carbons (Fsp3) is 0.667. The van der Waals surface area contributed by atoms with Crippen LogP contribution in [-0.4, -0.2) is 71.3 Å². The summed E-state index contributed by atoms with van der Waals surface area (Å²) in [5.41, 5.74) is -0.358. The Bertz CT molecular complexity index is 984. The topological polar surface area (TPSA) is 137 Å². The van der Waals surface area contributed by atoms with E-state index in [2.05, 4.69) is 16.0 Å². The van der Waals surface area contributed by atoms with Gasteiger partial charge in [0.25, 0.3) is 0 Å². The first-order valence-corrected chi connectivity index (χ1v) is 15.6. The number of epoxide rings is 1. The van der Waals surface area contributed by atoms with Gasteiger partial charge in [0.15, 0.2) is 5.78 Å². The van der Waals surface area contributed by atoms with Crippen molar-refractivity contribution in [2.24, 2.45) is 5.92 Å². The molecule has 4 unspecified atom stereocenters. The number of thioether (sulfide) groups is 1. The molecule has 3 amide bonds. The summed E-state index contributed by atoms with van der Waals surface area (Å²) in [6, 6.07) is 5.18. The van der Waals surface area contributed by atoms with Crippen molar-refractivity contribution in [2.45, 2.75) is 114 Å². The molecule has 3 rings (SSSR count). The van der Waals surface area contributed by atoms with E-state index >= 15 is 0 Å². The SMILES string of the molecule is CC.CSc1ccc(CC(NC(=O)C(C)NC(=O)CC(C)(C)O)C(=O)NC(CC2CCCC2)C(=O)C2CO2)cc1. The fourth-order valence-corrected chi connectivity index (χ4v) is 5.20. The average molecular weight is 578 g/mol. The number of aliphatic hydroxyl groups is 1. The minimum Gasteiger partial charge on any atom is -0.390 e. The van der Waals surface area contributed by atoms with Crippen LogP contribution in [0.15, 0.2) is 29.2 Å². The van der Waals surface area contributed by atoms with Gasteiger partial charge in [-0.15, -0.1) is 11.8 Å². The summed E-state index contributed by atoms with van der Waals surface area (Å²) in [7, 11) is 0. The molecule has 4 atom stereocenters. The van der Waals surface area contributed by atoms with E-state index in [1.165, 1.54) is 20.8 Å². The number of nitrogens with one attached hydrogen (secondary N) is 3. The lowest BCUT2D eigenvalue weighted by Crippen LogP contribution is -2.56. The molecule has 1 aromatic carbocycles. The molecule has 9 nitrogen and oxygen atoms in total. The highest BCUT2D eigenvalue weighted by atomic mass is 32.2. The van der Waals surface area contributed by atoms with E-state index < -0.39 is 47.6 Å². The van der Waals surface area contributed by atoms with Crippen LogP contribution in [0.3, 0.4) is 0 Å². The quantitative estimate of drug-likeness (QED) is 0.197. The van der Waals surface area contributed by atoms with Crippen molar-refractivity contribution in [3.63, 3.8) is 0 Å². The number of benzene rings is 1. The van der Waals surface area contributed by atoms with E-state index in [0.717, 1.165) is 36.1 Å². The van der Waals surface area contributed by atoms with Gasteiger partial charge in [-0.3, -0.25) is 19.2 Å². The van der Waals surface area contributed by atoms with Gasteiger partial charge >= 0.3 is 0 Å². The lowest BCUT2D eigenvalue weighted by molar-refractivity contribution is -0.134. The number of ether oxygens (including phenoxy) is 1. The zero-order valence-electron chi connectivity index (χ0n) is 24.7. The molecule has 2 aliphatic rings. The molecule has 224 valence electrons. The summed E-state index contributed by atoms with van der Waals surface area (Å²) in [4.78, 5) is 52.8. The minimum absolute atomic E-state index is 0.119. The van der Waals surface area contributed by atoms with Crippen LogP contribution < -0.4 is 16.0 Å². The standard InChI is InChI=1S/C28H41N3O6S.C2H6/c1-17(29-24(32)15-28(2,3)36)26(34)31-22(14-19-9-11-20(38-4)12-10-19)27(35)30-21(25(33)23-16-37-23)13-18-7-5-6-8-18;1-2/h9-12,17-18,21-23,36H,5-8,13-16H2,1-4H3,(H,29,32)(H,30,35)(H,31,34);1-2H3. The number of rotatable bonds is 14. The van der Waals surface area contributed by atoms with E-state index in [-0.39, 0.29) is 18.6 Å². The number of Topliss-reactive ketones (excluding diaryl/α,β-unsaturated/α-hetero) is 1. The van der Waals surface area contributed by atoms with Gasteiger partial charge in [-0.1, -0.05) is 51.7 Å². The monoisotopic (exact) mass is 577 g/mol. The van der Waals surface area contributed by atoms with Crippen LogP contribution in [0.25, 0.3) is 0 Å². The van der Waals surface area contributed by atoms with Gasteiger partial charge in [0.2, 0.25) is 17.7 Å². The van der Waals surface area contributed by atoms with Gasteiger partial charge in [-0.2, -0.15) is 0 Å². The highest BCUT2D eigenvalue weighted by Gasteiger charge is 2.39. The summed E-state index contributed by atoms with van der Waals surface area (Å²) < 4.78 is 5.21. The first-order valence-electron chi connectivity index (χ1n) is 14.4. The van der Waals surface area contributed by atoms with Crippen LogP contribution in [0.2, 0.25) is 0 Å². The largest absolute Gasteiger partial charge is 0.390 e. The Hall–Kier alpha value is -2.43. The zero-order valence-corrected chi connectivity index (χ0v) is 25.6. The van der Waals surface area contributed by atoms with Crippen molar-refractivity contribution in [3.8, 4) is 0 Å². The molecule has 1 aliphatic heterocycles. The Labute approximate surface area is 243 Å². The molecular formula is C30H47N3O6S. The second-order valence-electron chi connectivity index (χ2n) is 11.1. The predicted octanol–water partition coefficient (Wildman–Crippen LogP) is 3.16. The second kappa shape index (κ2) is 16.1. The van der Waals surface area contributed by atoms with E-state index in [1.807, 2.05) is 44.4 Å². The Balaban J connectivity index is 0.00000274. The first kappa shape index (κ1) is 33.8. The molecule has 10 heteroatoms. The average Bonchev–Trinajstić information content (AvgIpc) is 3.63. The molecule has 40 heavy (non-hydrogen) atoms. The molecule has 2 fully saturated rings. The van der Waals surface area contributed by atoms with E-state index in [9.17, 15) is 24.3 Å². The number of amides is 3. The lowest BCUT2D eigenvalue weighted by atomic mass is 9.94. The minimum atomic E-state index is -1.21. The molecule has 1 aromatic rings. The Morgan fingerprint density at radius 3 is 2.10 bits per heavy atom. The van der Waals surface area contributed by atoms with E-state index in [0.29, 0.717) is 18.9 Å². The summed E-state index contributed by atoms with van der Waals surface area (Å²) >= 11 is 1.61. The Morgan fingerprint density at radius 1 is 1.00 bits per heavy atom. The Morgan fingerprint density at radius 2 is 1.57 bits per heavy atom. The van der Waals surface area contributed by atoms with Crippen molar-refractivity contribution < 1.29 is 29.0 Å². The molecular weight excluding hydrogens is 530 g/mol. The van der Waals surface area contributed by atoms with Crippen LogP contribution in [0.5, 0.6) is 0 Å². The normalized spacial score (nSPS) is 18.9. The van der Waals surface area contributed by atoms with Crippen molar-refractivity contribution >= 4 is 35.3 Å².